The molecule has 5 rings (SSSR count). The molecule has 40 heavy (non-hydrogen) atoms. The molecule has 0 radical (unpaired) electrons. The van der Waals surface area contributed by atoms with E-state index in [0.717, 1.165) is 35.4 Å². The second-order valence-electron chi connectivity index (χ2n) is 11.4. The molecule has 2 aliphatic carbocycles. The molecular formula is C31H38N4O4S. The van der Waals surface area contributed by atoms with Crippen LogP contribution in [-0.2, 0) is 21.9 Å². The third-order valence-corrected chi connectivity index (χ3v) is 10.7. The van der Waals surface area contributed by atoms with E-state index >= 15 is 0 Å². The van der Waals surface area contributed by atoms with Crippen LogP contribution in [0.2, 0.25) is 0 Å². The first kappa shape index (κ1) is 28.5. The maximum absolute atomic E-state index is 14.1. The van der Waals surface area contributed by atoms with Crippen molar-refractivity contribution in [3.63, 3.8) is 0 Å². The van der Waals surface area contributed by atoms with Gasteiger partial charge in [-0.25, -0.2) is 8.42 Å². The lowest BCUT2D eigenvalue weighted by atomic mass is 9.68. The van der Waals surface area contributed by atoms with E-state index in [1.807, 2.05) is 19.2 Å². The first-order valence-electron chi connectivity index (χ1n) is 14.1. The Kier molecular flexibility index (Phi) is 7.66. The number of piperazine rings is 1. The number of sulfonamides is 1. The quantitative estimate of drug-likeness (QED) is 0.484. The van der Waals surface area contributed by atoms with Gasteiger partial charge in [0, 0.05) is 49.3 Å². The summed E-state index contributed by atoms with van der Waals surface area (Å²) in [5, 5.41) is 9.41. The fourth-order valence-corrected chi connectivity index (χ4v) is 7.72. The Bertz CT molecular complexity index is 1530. The summed E-state index contributed by atoms with van der Waals surface area (Å²) in [5.41, 5.74) is 4.64. The minimum atomic E-state index is -3.90. The van der Waals surface area contributed by atoms with Crippen LogP contribution >= 0.6 is 0 Å². The Hall–Kier alpha value is -3.03. The van der Waals surface area contributed by atoms with Crippen LogP contribution in [0.15, 0.2) is 40.8 Å². The predicted molar refractivity (Wildman–Crippen MR) is 155 cm³/mol. The smallest absolute Gasteiger partial charge is 0.246 e. The molecule has 0 N–H and O–H groups in total. The van der Waals surface area contributed by atoms with Crippen LogP contribution in [0.1, 0.15) is 60.3 Å². The fraction of sp³-hybridized carbons (Fsp3) is 0.484. The van der Waals surface area contributed by atoms with E-state index in [1.54, 1.807) is 18.2 Å². The Balaban J connectivity index is 1.61. The van der Waals surface area contributed by atoms with Gasteiger partial charge in [0.1, 0.15) is 17.3 Å². The highest BCUT2D eigenvalue weighted by atomic mass is 32.2. The lowest BCUT2D eigenvalue weighted by Gasteiger charge is -2.36. The molecule has 1 fully saturated rings. The number of benzene rings is 2. The summed E-state index contributed by atoms with van der Waals surface area (Å²) in [6, 6.07) is 11.0. The molecule has 0 saturated carbocycles. The Morgan fingerprint density at radius 3 is 2.40 bits per heavy atom. The van der Waals surface area contributed by atoms with E-state index in [-0.39, 0.29) is 10.7 Å². The van der Waals surface area contributed by atoms with Crippen molar-refractivity contribution < 1.29 is 17.9 Å². The molecule has 0 aromatic heterocycles. The minimum Gasteiger partial charge on any atom is -0.491 e. The average molecular weight is 563 g/mol. The fourth-order valence-electron chi connectivity index (χ4n) is 6.16. The number of fused-ring (bicyclic) bond motifs is 3. The summed E-state index contributed by atoms with van der Waals surface area (Å²) in [6.07, 6.45) is 0.581. The molecule has 3 aliphatic rings. The normalized spacial score (nSPS) is 18.9. The third kappa shape index (κ3) is 4.77. The van der Waals surface area contributed by atoms with Gasteiger partial charge in [-0.3, -0.25) is 4.79 Å². The number of likely N-dealkylation sites (N-methyl/N-ethyl adjacent to an activating group) is 2. The molecule has 1 aliphatic heterocycles. The van der Waals surface area contributed by atoms with Crippen molar-refractivity contribution in [3.8, 4) is 11.8 Å². The molecule has 1 saturated heterocycles. The number of hydrogen-bond acceptors (Lipinski definition) is 7. The van der Waals surface area contributed by atoms with E-state index in [0.29, 0.717) is 68.2 Å². The van der Waals surface area contributed by atoms with Gasteiger partial charge >= 0.3 is 0 Å². The Labute approximate surface area is 237 Å². The SMILES string of the molecule is CCN(CC)CCOc1cc2c(cc1S(=O)(=O)N1CCN(C)CC1)C(=O)C1=C(Cc3cc(C#N)ccc31)C2(C)C. The van der Waals surface area contributed by atoms with Crippen molar-refractivity contribution >= 4 is 21.4 Å². The first-order valence-corrected chi connectivity index (χ1v) is 15.5. The molecule has 0 amide bonds. The lowest BCUT2D eigenvalue weighted by molar-refractivity contribution is 0.105. The molecule has 0 unspecified atom stereocenters. The number of nitriles is 1. The highest BCUT2D eigenvalue weighted by molar-refractivity contribution is 7.89. The third-order valence-electron chi connectivity index (χ3n) is 8.80. The molecule has 9 heteroatoms. The van der Waals surface area contributed by atoms with Gasteiger partial charge in [-0.05, 0) is 73.1 Å². The molecular weight excluding hydrogens is 524 g/mol. The van der Waals surface area contributed by atoms with Crippen LogP contribution in [0.25, 0.3) is 5.57 Å². The standard InChI is InChI=1S/C31H38N4O4S/c1-6-34(7-2)14-15-39-27-19-25-24(18-28(27)40(37,38)35-12-10-33(5)11-13-35)30(36)29-23-9-8-21(20-32)16-22(23)17-26(29)31(25,3)4/h8-9,16,18-19H,6-7,10-15,17H2,1-5H3. The van der Waals surface area contributed by atoms with Crippen molar-refractivity contribution in [3.05, 3.63) is 63.7 Å². The van der Waals surface area contributed by atoms with Gasteiger partial charge < -0.3 is 14.5 Å². The van der Waals surface area contributed by atoms with Crippen LogP contribution in [0, 0.1) is 11.3 Å². The molecule has 0 spiro atoms. The number of ether oxygens (including phenoxy) is 1. The molecule has 8 nitrogen and oxygen atoms in total. The molecule has 2 aromatic rings. The number of rotatable bonds is 8. The van der Waals surface area contributed by atoms with Gasteiger partial charge in [-0.2, -0.15) is 9.57 Å². The van der Waals surface area contributed by atoms with Gasteiger partial charge in [-0.1, -0.05) is 33.8 Å². The first-order chi connectivity index (χ1) is 19.0. The Morgan fingerprint density at radius 1 is 1.05 bits per heavy atom. The lowest BCUT2D eigenvalue weighted by Crippen LogP contribution is -2.47. The van der Waals surface area contributed by atoms with Gasteiger partial charge in [-0.15, -0.1) is 0 Å². The zero-order valence-corrected chi connectivity index (χ0v) is 24.9. The number of ketones is 1. The number of carbonyl (C=O) groups excluding carboxylic acids is 1. The molecule has 0 bridgehead atoms. The van der Waals surface area contributed by atoms with E-state index in [1.165, 1.54) is 4.31 Å². The highest BCUT2D eigenvalue weighted by Crippen LogP contribution is 2.51. The largest absolute Gasteiger partial charge is 0.491 e. The van der Waals surface area contributed by atoms with Crippen LogP contribution < -0.4 is 4.74 Å². The molecule has 1 heterocycles. The van der Waals surface area contributed by atoms with Crippen LogP contribution in [0.3, 0.4) is 0 Å². The number of Topliss-reactive ketones (excluding diaryl/α,β-unsaturated/α-hetero) is 1. The van der Waals surface area contributed by atoms with Crippen LogP contribution in [0.4, 0.5) is 0 Å². The van der Waals surface area contributed by atoms with E-state index in [4.69, 9.17) is 4.74 Å². The second kappa shape index (κ2) is 10.7. The summed E-state index contributed by atoms with van der Waals surface area (Å²) in [6.45, 7) is 13.2. The monoisotopic (exact) mass is 562 g/mol. The van der Waals surface area contributed by atoms with Crippen molar-refractivity contribution in [1.82, 2.24) is 14.1 Å². The second-order valence-corrected chi connectivity index (χ2v) is 13.3. The Morgan fingerprint density at radius 2 is 1.75 bits per heavy atom. The van der Waals surface area contributed by atoms with Crippen molar-refractivity contribution in [1.29, 1.82) is 5.26 Å². The number of nitrogens with zero attached hydrogens (tertiary/aromatic N) is 4. The number of allylic oxidation sites excluding steroid dienone is 2. The average Bonchev–Trinajstić information content (AvgIpc) is 3.34. The summed E-state index contributed by atoms with van der Waals surface area (Å²) in [4.78, 5) is 18.5. The van der Waals surface area contributed by atoms with E-state index < -0.39 is 15.4 Å². The maximum Gasteiger partial charge on any atom is 0.246 e. The van der Waals surface area contributed by atoms with E-state index in [9.17, 15) is 18.5 Å². The highest BCUT2D eigenvalue weighted by Gasteiger charge is 2.44. The summed E-state index contributed by atoms with van der Waals surface area (Å²) in [5.74, 6) is 0.134. The predicted octanol–water partition coefficient (Wildman–Crippen LogP) is 3.70. The number of carbonyl (C=O) groups is 1. The summed E-state index contributed by atoms with van der Waals surface area (Å²) in [7, 11) is -1.92. The minimum absolute atomic E-state index is 0.0570. The maximum atomic E-state index is 14.1. The zero-order valence-electron chi connectivity index (χ0n) is 24.1. The van der Waals surface area contributed by atoms with Crippen molar-refractivity contribution in [2.24, 2.45) is 0 Å². The molecule has 2 aromatic carbocycles. The van der Waals surface area contributed by atoms with Gasteiger partial charge in [0.25, 0.3) is 0 Å². The molecule has 212 valence electrons. The van der Waals surface area contributed by atoms with E-state index in [2.05, 4.69) is 43.6 Å². The number of hydrogen-bond donors (Lipinski definition) is 0. The van der Waals surface area contributed by atoms with Gasteiger partial charge in [0.2, 0.25) is 10.0 Å². The van der Waals surface area contributed by atoms with Gasteiger partial charge in [0.15, 0.2) is 5.78 Å². The summed E-state index contributed by atoms with van der Waals surface area (Å²) >= 11 is 0. The topological polar surface area (TPSA) is 93.9 Å². The van der Waals surface area contributed by atoms with Gasteiger partial charge in [0.05, 0.1) is 11.6 Å². The van der Waals surface area contributed by atoms with Crippen LogP contribution in [-0.4, -0.2) is 87.8 Å². The summed E-state index contributed by atoms with van der Waals surface area (Å²) < 4.78 is 35.8. The molecule has 0 atom stereocenters. The zero-order chi connectivity index (χ0) is 28.8. The van der Waals surface area contributed by atoms with Crippen LogP contribution in [0.5, 0.6) is 5.75 Å². The van der Waals surface area contributed by atoms with Crippen molar-refractivity contribution in [2.45, 2.75) is 44.4 Å². The van der Waals surface area contributed by atoms with Crippen molar-refractivity contribution in [2.75, 3.05) is 59.5 Å².